The third kappa shape index (κ3) is 2.89. The van der Waals surface area contributed by atoms with Crippen molar-refractivity contribution in [2.75, 3.05) is 13.2 Å². The van der Waals surface area contributed by atoms with Gasteiger partial charge < -0.3 is 14.6 Å². The Morgan fingerprint density at radius 2 is 1.81 bits per heavy atom. The van der Waals surface area contributed by atoms with Gasteiger partial charge in [-0.3, -0.25) is 4.79 Å². The Balaban J connectivity index is 1.95. The molecule has 4 nitrogen and oxygen atoms in total. The molecular formula is C16H19BrO4. The van der Waals surface area contributed by atoms with Gasteiger partial charge in [0.15, 0.2) is 11.5 Å². The molecule has 114 valence electrons. The zero-order valence-electron chi connectivity index (χ0n) is 12.2. The van der Waals surface area contributed by atoms with Crippen molar-refractivity contribution in [1.82, 2.24) is 0 Å². The van der Waals surface area contributed by atoms with Crippen LogP contribution in [0.1, 0.15) is 38.7 Å². The number of benzene rings is 1. The van der Waals surface area contributed by atoms with Crippen molar-refractivity contribution in [3.05, 3.63) is 22.2 Å². The second kappa shape index (κ2) is 4.90. The predicted octanol–water partition coefficient (Wildman–Crippen LogP) is 3.75. The predicted molar refractivity (Wildman–Crippen MR) is 82.1 cm³/mol. The largest absolute Gasteiger partial charge is 0.489 e. The van der Waals surface area contributed by atoms with Crippen molar-refractivity contribution in [2.45, 2.75) is 38.5 Å². The van der Waals surface area contributed by atoms with Crippen LogP contribution in [-0.4, -0.2) is 24.3 Å². The lowest BCUT2D eigenvalue weighted by Crippen LogP contribution is -2.26. The van der Waals surface area contributed by atoms with Crippen LogP contribution in [0, 0.1) is 5.41 Å². The van der Waals surface area contributed by atoms with Crippen molar-refractivity contribution in [2.24, 2.45) is 5.41 Å². The van der Waals surface area contributed by atoms with Crippen LogP contribution in [0.2, 0.25) is 0 Å². The number of carboxylic acid groups (broad SMARTS) is 1. The highest BCUT2D eigenvalue weighted by Gasteiger charge is 2.47. The van der Waals surface area contributed by atoms with Gasteiger partial charge in [-0.25, -0.2) is 0 Å². The van der Waals surface area contributed by atoms with Gasteiger partial charge in [0, 0.05) is 15.3 Å². The molecule has 0 aromatic heterocycles. The third-order valence-electron chi connectivity index (χ3n) is 4.18. The molecule has 0 atom stereocenters. The first-order valence-corrected chi connectivity index (χ1v) is 7.92. The van der Waals surface area contributed by atoms with E-state index in [1.165, 1.54) is 0 Å². The zero-order chi connectivity index (χ0) is 15.3. The van der Waals surface area contributed by atoms with Gasteiger partial charge in [0.05, 0.1) is 19.6 Å². The second-order valence-corrected chi connectivity index (χ2v) is 7.73. The van der Waals surface area contributed by atoms with Crippen LogP contribution in [0.3, 0.4) is 0 Å². The van der Waals surface area contributed by atoms with E-state index in [0.29, 0.717) is 13.2 Å². The van der Waals surface area contributed by atoms with Crippen LogP contribution in [-0.2, 0) is 10.2 Å². The number of fused-ring (bicyclic) bond motifs is 1. The van der Waals surface area contributed by atoms with Crippen molar-refractivity contribution >= 4 is 21.9 Å². The molecule has 1 fully saturated rings. The summed E-state index contributed by atoms with van der Waals surface area (Å²) in [6.45, 7) is 5.39. The topological polar surface area (TPSA) is 55.8 Å². The number of hydrogen-bond donors (Lipinski definition) is 1. The first-order chi connectivity index (χ1) is 9.81. The summed E-state index contributed by atoms with van der Waals surface area (Å²) in [4.78, 5) is 11.1. The molecule has 2 aliphatic rings. The maximum absolute atomic E-state index is 11.1. The number of halogens is 1. The summed E-state index contributed by atoms with van der Waals surface area (Å²) in [5.74, 6) is 0.686. The fourth-order valence-corrected chi connectivity index (χ4v) is 3.48. The lowest BCUT2D eigenvalue weighted by molar-refractivity contribution is -0.137. The van der Waals surface area contributed by atoms with Crippen molar-refractivity contribution in [1.29, 1.82) is 0 Å². The van der Waals surface area contributed by atoms with E-state index in [0.717, 1.165) is 34.4 Å². The summed E-state index contributed by atoms with van der Waals surface area (Å²) in [6.07, 6.45) is 1.98. The molecule has 1 aliphatic carbocycles. The van der Waals surface area contributed by atoms with Gasteiger partial charge in [-0.15, -0.1) is 0 Å². The number of aliphatic carboxylic acids is 1. The molecule has 1 aromatic rings. The van der Waals surface area contributed by atoms with E-state index in [1.807, 2.05) is 12.1 Å². The van der Waals surface area contributed by atoms with Crippen molar-refractivity contribution in [3.8, 4) is 11.5 Å². The summed E-state index contributed by atoms with van der Waals surface area (Å²) >= 11 is 3.57. The first kappa shape index (κ1) is 14.7. The number of hydrogen-bond acceptors (Lipinski definition) is 3. The monoisotopic (exact) mass is 354 g/mol. The Kier molecular flexibility index (Phi) is 3.43. The number of carboxylic acids is 1. The van der Waals surface area contributed by atoms with Crippen LogP contribution < -0.4 is 9.47 Å². The summed E-state index contributed by atoms with van der Waals surface area (Å²) < 4.78 is 12.6. The summed E-state index contributed by atoms with van der Waals surface area (Å²) in [5, 5.41) is 9.12. The molecule has 0 saturated heterocycles. The highest BCUT2D eigenvalue weighted by molar-refractivity contribution is 9.10. The van der Waals surface area contributed by atoms with Gasteiger partial charge in [-0.1, -0.05) is 29.8 Å². The minimum Gasteiger partial charge on any atom is -0.489 e. The normalized spacial score (nSPS) is 21.5. The van der Waals surface area contributed by atoms with E-state index < -0.39 is 5.97 Å². The SMILES string of the molecule is CC1(C)COc2cc(Br)c(C3(CC(=O)O)CC3)cc2OC1. The van der Waals surface area contributed by atoms with Gasteiger partial charge in [-0.2, -0.15) is 0 Å². The Labute approximate surface area is 132 Å². The smallest absolute Gasteiger partial charge is 0.304 e. The van der Waals surface area contributed by atoms with Gasteiger partial charge in [0.25, 0.3) is 0 Å². The van der Waals surface area contributed by atoms with Crippen LogP contribution >= 0.6 is 15.9 Å². The van der Waals surface area contributed by atoms with Gasteiger partial charge in [0.2, 0.25) is 0 Å². The molecular weight excluding hydrogens is 336 g/mol. The maximum atomic E-state index is 11.1. The van der Waals surface area contributed by atoms with E-state index in [-0.39, 0.29) is 17.3 Å². The summed E-state index contributed by atoms with van der Waals surface area (Å²) in [7, 11) is 0. The first-order valence-electron chi connectivity index (χ1n) is 7.13. The van der Waals surface area contributed by atoms with Crippen molar-refractivity contribution < 1.29 is 19.4 Å². The molecule has 1 aliphatic heterocycles. The highest BCUT2D eigenvalue weighted by Crippen LogP contribution is 2.55. The highest BCUT2D eigenvalue weighted by atomic mass is 79.9. The minimum atomic E-state index is -0.757. The average molecular weight is 355 g/mol. The molecule has 21 heavy (non-hydrogen) atoms. The molecule has 1 heterocycles. The van der Waals surface area contributed by atoms with Crippen LogP contribution in [0.5, 0.6) is 11.5 Å². The molecule has 3 rings (SSSR count). The molecule has 1 N–H and O–H groups in total. The summed E-state index contributed by atoms with van der Waals surface area (Å²) in [5.41, 5.74) is 0.737. The van der Waals surface area contributed by atoms with Gasteiger partial charge >= 0.3 is 5.97 Å². The standard InChI is InChI=1S/C16H19BrO4/c1-15(2)8-20-12-5-10(11(17)6-13(12)21-9-15)16(3-4-16)7-14(18)19/h5-6H,3-4,7-9H2,1-2H3,(H,18,19). The lowest BCUT2D eigenvalue weighted by Gasteiger charge is -2.19. The lowest BCUT2D eigenvalue weighted by atomic mass is 9.92. The number of carbonyl (C=O) groups is 1. The minimum absolute atomic E-state index is 0.0377. The maximum Gasteiger partial charge on any atom is 0.304 e. The Morgan fingerprint density at radius 1 is 1.24 bits per heavy atom. The molecule has 5 heteroatoms. The van der Waals surface area contributed by atoms with E-state index >= 15 is 0 Å². The summed E-state index contributed by atoms with van der Waals surface area (Å²) in [6, 6.07) is 3.87. The van der Waals surface area contributed by atoms with Gasteiger partial charge in [-0.05, 0) is 30.5 Å². The van der Waals surface area contributed by atoms with E-state index in [2.05, 4.69) is 29.8 Å². The van der Waals surface area contributed by atoms with Gasteiger partial charge in [0.1, 0.15) is 0 Å². The fraction of sp³-hybridized carbons (Fsp3) is 0.562. The van der Waals surface area contributed by atoms with E-state index in [4.69, 9.17) is 14.6 Å². The zero-order valence-corrected chi connectivity index (χ0v) is 13.8. The quantitative estimate of drug-likeness (QED) is 0.897. The fourth-order valence-electron chi connectivity index (χ4n) is 2.74. The third-order valence-corrected chi connectivity index (χ3v) is 4.84. The van der Waals surface area contributed by atoms with E-state index in [1.54, 1.807) is 0 Å². The number of rotatable bonds is 3. The Hall–Kier alpha value is -1.23. The molecule has 1 aromatic carbocycles. The Morgan fingerprint density at radius 3 is 2.33 bits per heavy atom. The molecule has 1 saturated carbocycles. The van der Waals surface area contributed by atoms with E-state index in [9.17, 15) is 4.79 Å². The van der Waals surface area contributed by atoms with Crippen molar-refractivity contribution in [3.63, 3.8) is 0 Å². The molecule has 0 bridgehead atoms. The molecule has 0 amide bonds. The van der Waals surface area contributed by atoms with Crippen LogP contribution in [0.25, 0.3) is 0 Å². The number of ether oxygens (including phenoxy) is 2. The Bertz CT molecular complexity index is 590. The molecule has 0 radical (unpaired) electrons. The van der Waals surface area contributed by atoms with Crippen LogP contribution in [0.4, 0.5) is 0 Å². The van der Waals surface area contributed by atoms with Crippen LogP contribution in [0.15, 0.2) is 16.6 Å². The average Bonchev–Trinajstić information content (AvgIpc) is 3.15. The molecule has 0 spiro atoms. The molecule has 0 unspecified atom stereocenters. The second-order valence-electron chi connectivity index (χ2n) is 6.87.